The van der Waals surface area contributed by atoms with Crippen molar-refractivity contribution in [3.05, 3.63) is 40.8 Å². The third-order valence-electron chi connectivity index (χ3n) is 4.73. The number of likely N-dealkylation sites (N-methyl/N-ethyl adjacent to an activating group) is 1. The first-order valence-electron chi connectivity index (χ1n) is 8.52. The summed E-state index contributed by atoms with van der Waals surface area (Å²) < 4.78 is 10.9. The molecule has 2 aromatic rings. The van der Waals surface area contributed by atoms with Crippen LogP contribution in [0.25, 0.3) is 11.0 Å². The molecule has 0 spiro atoms. The molecule has 5 heteroatoms. The molecule has 128 valence electrons. The van der Waals surface area contributed by atoms with Crippen LogP contribution in [0.1, 0.15) is 39.0 Å². The second kappa shape index (κ2) is 7.07. The molecule has 0 bridgehead atoms. The van der Waals surface area contributed by atoms with Crippen LogP contribution in [0.15, 0.2) is 39.5 Å². The predicted octanol–water partition coefficient (Wildman–Crippen LogP) is 3.35. The van der Waals surface area contributed by atoms with Crippen LogP contribution in [-0.4, -0.2) is 30.0 Å². The Morgan fingerprint density at radius 2 is 1.92 bits per heavy atom. The summed E-state index contributed by atoms with van der Waals surface area (Å²) in [7, 11) is 1.86. The third kappa shape index (κ3) is 3.61. The van der Waals surface area contributed by atoms with Crippen LogP contribution in [-0.2, 0) is 4.79 Å². The molecule has 1 atom stereocenters. The molecule has 1 aliphatic rings. The fourth-order valence-electron chi connectivity index (χ4n) is 3.30. The van der Waals surface area contributed by atoms with Gasteiger partial charge in [0, 0.05) is 30.6 Å². The maximum Gasteiger partial charge on any atom is 0.336 e. The number of amides is 1. The topological polar surface area (TPSA) is 59.8 Å². The van der Waals surface area contributed by atoms with Gasteiger partial charge in [-0.25, -0.2) is 4.79 Å². The molecule has 24 heavy (non-hydrogen) atoms. The number of nitrogens with zero attached hydrogens (tertiary/aromatic N) is 1. The van der Waals surface area contributed by atoms with Crippen LogP contribution < -0.4 is 10.4 Å². The van der Waals surface area contributed by atoms with Gasteiger partial charge in [-0.05, 0) is 38.0 Å². The maximum atomic E-state index is 12.6. The van der Waals surface area contributed by atoms with E-state index >= 15 is 0 Å². The molecular formula is C19H23NO4. The molecular weight excluding hydrogens is 306 g/mol. The molecule has 1 aromatic heterocycles. The highest BCUT2D eigenvalue weighted by atomic mass is 16.5. The molecule has 0 radical (unpaired) electrons. The van der Waals surface area contributed by atoms with Crippen molar-refractivity contribution in [2.24, 2.45) is 0 Å². The number of ether oxygens (including phenoxy) is 1. The van der Waals surface area contributed by atoms with Gasteiger partial charge in [-0.3, -0.25) is 4.79 Å². The molecule has 0 N–H and O–H groups in total. The lowest BCUT2D eigenvalue weighted by atomic mass is 9.94. The van der Waals surface area contributed by atoms with Gasteiger partial charge in [0.05, 0.1) is 0 Å². The van der Waals surface area contributed by atoms with Crippen molar-refractivity contribution >= 4 is 16.9 Å². The number of benzene rings is 1. The summed E-state index contributed by atoms with van der Waals surface area (Å²) in [5.74, 6) is 0.506. The van der Waals surface area contributed by atoms with E-state index in [1.807, 2.05) is 18.0 Å². The van der Waals surface area contributed by atoms with Crippen molar-refractivity contribution in [3.63, 3.8) is 0 Å². The van der Waals surface area contributed by atoms with E-state index in [1.165, 1.54) is 25.3 Å². The van der Waals surface area contributed by atoms with E-state index in [9.17, 15) is 9.59 Å². The molecule has 3 rings (SSSR count). The Labute approximate surface area is 141 Å². The highest BCUT2D eigenvalue weighted by Crippen LogP contribution is 2.24. The Morgan fingerprint density at radius 1 is 1.21 bits per heavy atom. The maximum absolute atomic E-state index is 12.6. The molecule has 1 aliphatic carbocycles. The highest BCUT2D eigenvalue weighted by molar-refractivity contribution is 5.81. The first kappa shape index (κ1) is 16.6. The zero-order chi connectivity index (χ0) is 17.1. The number of carbonyl (C=O) groups is 1. The summed E-state index contributed by atoms with van der Waals surface area (Å²) >= 11 is 0. The fourth-order valence-corrected chi connectivity index (χ4v) is 3.30. The Balaban J connectivity index is 1.70. The molecule has 1 unspecified atom stereocenters. The molecule has 0 saturated heterocycles. The van der Waals surface area contributed by atoms with E-state index in [4.69, 9.17) is 9.15 Å². The number of carbonyl (C=O) groups excluding carboxylic acids is 1. The first-order valence-corrected chi connectivity index (χ1v) is 8.52. The lowest BCUT2D eigenvalue weighted by Crippen LogP contribution is -2.44. The molecule has 0 aliphatic heterocycles. The normalized spacial score (nSPS) is 16.8. The molecule has 1 aromatic carbocycles. The lowest BCUT2D eigenvalue weighted by molar-refractivity contribution is -0.139. The lowest BCUT2D eigenvalue weighted by Gasteiger charge is -2.32. The van der Waals surface area contributed by atoms with Crippen molar-refractivity contribution in [1.82, 2.24) is 4.90 Å². The van der Waals surface area contributed by atoms with Gasteiger partial charge in [0.1, 0.15) is 11.3 Å². The quantitative estimate of drug-likeness (QED) is 0.807. The van der Waals surface area contributed by atoms with Gasteiger partial charge in [0.25, 0.3) is 5.91 Å². The Bertz CT molecular complexity index is 776. The van der Waals surface area contributed by atoms with Crippen LogP contribution in [0.4, 0.5) is 0 Å². The minimum Gasteiger partial charge on any atom is -0.481 e. The minimum atomic E-state index is -0.579. The minimum absolute atomic E-state index is 0.0171. The van der Waals surface area contributed by atoms with Crippen molar-refractivity contribution < 1.29 is 13.9 Å². The highest BCUT2D eigenvalue weighted by Gasteiger charge is 2.26. The number of hydrogen-bond donors (Lipinski definition) is 0. The standard InChI is InChI=1S/C19H23NO4/c1-13(19(22)20(2)15-6-4-3-5-7-15)23-16-10-8-14-9-11-18(21)24-17(14)12-16/h8-13,15H,3-7H2,1-2H3. The van der Waals surface area contributed by atoms with Crippen molar-refractivity contribution in [2.45, 2.75) is 51.2 Å². The van der Waals surface area contributed by atoms with Gasteiger partial charge in [-0.2, -0.15) is 0 Å². The number of hydrogen-bond acceptors (Lipinski definition) is 4. The number of rotatable bonds is 4. The van der Waals surface area contributed by atoms with Crippen molar-refractivity contribution in [1.29, 1.82) is 0 Å². The van der Waals surface area contributed by atoms with E-state index in [2.05, 4.69) is 0 Å². The summed E-state index contributed by atoms with van der Waals surface area (Å²) in [4.78, 5) is 25.7. The molecule has 5 nitrogen and oxygen atoms in total. The van der Waals surface area contributed by atoms with E-state index in [0.29, 0.717) is 17.4 Å². The fraction of sp³-hybridized carbons (Fsp3) is 0.474. The average molecular weight is 329 g/mol. The van der Waals surface area contributed by atoms with E-state index in [1.54, 1.807) is 25.1 Å². The molecule has 1 heterocycles. The van der Waals surface area contributed by atoms with Gasteiger partial charge in [-0.1, -0.05) is 19.3 Å². The summed E-state index contributed by atoms with van der Waals surface area (Å²) in [6.07, 6.45) is 5.17. The summed E-state index contributed by atoms with van der Waals surface area (Å²) in [6, 6.07) is 8.65. The van der Waals surface area contributed by atoms with Crippen molar-refractivity contribution in [3.8, 4) is 5.75 Å². The van der Waals surface area contributed by atoms with Crippen LogP contribution in [0.2, 0.25) is 0 Å². The van der Waals surface area contributed by atoms with Crippen LogP contribution in [0.3, 0.4) is 0 Å². The Morgan fingerprint density at radius 3 is 2.67 bits per heavy atom. The monoisotopic (exact) mass is 329 g/mol. The van der Waals surface area contributed by atoms with Crippen LogP contribution >= 0.6 is 0 Å². The van der Waals surface area contributed by atoms with Crippen molar-refractivity contribution in [2.75, 3.05) is 7.05 Å². The smallest absolute Gasteiger partial charge is 0.336 e. The zero-order valence-corrected chi connectivity index (χ0v) is 14.2. The van der Waals surface area contributed by atoms with E-state index in [-0.39, 0.29) is 5.91 Å². The second-order valence-electron chi connectivity index (χ2n) is 6.46. The predicted molar refractivity (Wildman–Crippen MR) is 92.2 cm³/mol. The van der Waals surface area contributed by atoms with Gasteiger partial charge >= 0.3 is 5.63 Å². The first-order chi connectivity index (χ1) is 11.5. The Kier molecular flexibility index (Phi) is 4.88. The van der Waals surface area contributed by atoms with Gasteiger partial charge < -0.3 is 14.1 Å². The molecule has 1 amide bonds. The average Bonchev–Trinajstić information content (AvgIpc) is 2.60. The van der Waals surface area contributed by atoms with E-state index < -0.39 is 11.7 Å². The van der Waals surface area contributed by atoms with Gasteiger partial charge in [-0.15, -0.1) is 0 Å². The van der Waals surface area contributed by atoms with Crippen LogP contribution in [0.5, 0.6) is 5.75 Å². The second-order valence-corrected chi connectivity index (χ2v) is 6.46. The van der Waals surface area contributed by atoms with E-state index in [0.717, 1.165) is 18.2 Å². The van der Waals surface area contributed by atoms with Gasteiger partial charge in [0.15, 0.2) is 6.10 Å². The van der Waals surface area contributed by atoms with Crippen LogP contribution in [0, 0.1) is 0 Å². The summed E-state index contributed by atoms with van der Waals surface area (Å²) in [5, 5.41) is 0.820. The molecule has 1 fully saturated rings. The van der Waals surface area contributed by atoms with Gasteiger partial charge in [0.2, 0.25) is 0 Å². The summed E-state index contributed by atoms with van der Waals surface area (Å²) in [5.41, 5.74) is 0.0566. The molecule has 1 saturated carbocycles. The summed E-state index contributed by atoms with van der Waals surface area (Å²) in [6.45, 7) is 1.76. The Hall–Kier alpha value is -2.30. The SMILES string of the molecule is CC(Oc1ccc2ccc(=O)oc2c1)C(=O)N(C)C1CCCCC1. The third-order valence-corrected chi connectivity index (χ3v) is 4.73. The largest absolute Gasteiger partial charge is 0.481 e. The zero-order valence-electron chi connectivity index (χ0n) is 14.2. The number of fused-ring (bicyclic) bond motifs is 1.